The highest BCUT2D eigenvalue weighted by Crippen LogP contribution is 2.40. The molecule has 2 aromatic heterocycles. The second-order valence-electron chi connectivity index (χ2n) is 9.76. The van der Waals surface area contributed by atoms with Crippen LogP contribution in [0, 0.1) is 0 Å². The van der Waals surface area contributed by atoms with Crippen molar-refractivity contribution in [3.05, 3.63) is 41.3 Å². The van der Waals surface area contributed by atoms with Crippen LogP contribution in [0.25, 0.3) is 0 Å². The van der Waals surface area contributed by atoms with Gasteiger partial charge in [-0.2, -0.15) is 5.10 Å². The van der Waals surface area contributed by atoms with Gasteiger partial charge in [0.1, 0.15) is 5.82 Å². The SMILES string of the molecule is CC(C)N1CCN([C@H]2CC[C@H](c3cnc4c(c3)C(c3cnn(C)c3)CN4)CC2)CC1. The zero-order chi connectivity index (χ0) is 20.7. The van der Waals surface area contributed by atoms with Gasteiger partial charge >= 0.3 is 0 Å². The molecule has 1 atom stereocenters. The monoisotopic (exact) mass is 408 g/mol. The first-order valence-electron chi connectivity index (χ1n) is 11.8. The van der Waals surface area contributed by atoms with Gasteiger partial charge in [-0.3, -0.25) is 14.5 Å². The minimum Gasteiger partial charge on any atom is -0.369 e. The number of anilines is 1. The number of rotatable bonds is 4. The Hall–Kier alpha value is -1.92. The number of piperazine rings is 1. The van der Waals surface area contributed by atoms with Crippen LogP contribution in [0.3, 0.4) is 0 Å². The number of hydrogen-bond donors (Lipinski definition) is 1. The average molecular weight is 409 g/mol. The summed E-state index contributed by atoms with van der Waals surface area (Å²) in [6, 6.07) is 3.90. The number of aryl methyl sites for hydroxylation is 1. The molecule has 30 heavy (non-hydrogen) atoms. The molecule has 162 valence electrons. The van der Waals surface area contributed by atoms with E-state index in [1.165, 1.54) is 68.6 Å². The van der Waals surface area contributed by atoms with Gasteiger partial charge in [-0.1, -0.05) is 0 Å². The lowest BCUT2D eigenvalue weighted by Gasteiger charge is -2.43. The smallest absolute Gasteiger partial charge is 0.129 e. The van der Waals surface area contributed by atoms with E-state index in [0.29, 0.717) is 17.9 Å². The molecule has 0 spiro atoms. The molecule has 2 fully saturated rings. The number of aromatic nitrogens is 3. The molecular weight excluding hydrogens is 372 g/mol. The van der Waals surface area contributed by atoms with Gasteiger partial charge in [0.05, 0.1) is 6.20 Å². The first kappa shape index (κ1) is 20.0. The fourth-order valence-electron chi connectivity index (χ4n) is 5.75. The number of nitrogens with one attached hydrogen (secondary N) is 1. The first-order chi connectivity index (χ1) is 14.6. The van der Waals surface area contributed by atoms with Crippen LogP contribution in [0.2, 0.25) is 0 Å². The molecule has 4 heterocycles. The Balaban J connectivity index is 1.22. The average Bonchev–Trinajstić information content (AvgIpc) is 3.39. The van der Waals surface area contributed by atoms with Crippen LogP contribution in [0.5, 0.6) is 0 Å². The third kappa shape index (κ3) is 3.87. The predicted molar refractivity (Wildman–Crippen MR) is 121 cm³/mol. The summed E-state index contributed by atoms with van der Waals surface area (Å²) in [5, 5.41) is 7.86. The Bertz CT molecular complexity index is 858. The van der Waals surface area contributed by atoms with E-state index in [9.17, 15) is 0 Å². The lowest BCUT2D eigenvalue weighted by Crippen LogP contribution is -2.52. The molecular formula is C24H36N6. The predicted octanol–water partition coefficient (Wildman–Crippen LogP) is 3.42. The molecule has 1 N–H and O–H groups in total. The second kappa shape index (κ2) is 8.31. The largest absolute Gasteiger partial charge is 0.369 e. The maximum atomic E-state index is 4.80. The molecule has 3 aliphatic rings. The fraction of sp³-hybridized carbons (Fsp3) is 0.667. The van der Waals surface area contributed by atoms with Crippen molar-refractivity contribution < 1.29 is 0 Å². The van der Waals surface area contributed by atoms with E-state index in [1.54, 1.807) is 0 Å². The molecule has 1 aliphatic carbocycles. The molecule has 0 radical (unpaired) electrons. The van der Waals surface area contributed by atoms with Crippen molar-refractivity contribution in [3.63, 3.8) is 0 Å². The van der Waals surface area contributed by atoms with E-state index in [4.69, 9.17) is 4.98 Å². The van der Waals surface area contributed by atoms with Gasteiger partial charge in [0.25, 0.3) is 0 Å². The highest BCUT2D eigenvalue weighted by Gasteiger charge is 2.31. The van der Waals surface area contributed by atoms with Gasteiger partial charge in [-0.25, -0.2) is 4.98 Å². The van der Waals surface area contributed by atoms with E-state index in [1.807, 2.05) is 17.9 Å². The summed E-state index contributed by atoms with van der Waals surface area (Å²) in [5.41, 5.74) is 4.08. The molecule has 6 nitrogen and oxygen atoms in total. The number of fused-ring (bicyclic) bond motifs is 1. The summed E-state index contributed by atoms with van der Waals surface area (Å²) in [7, 11) is 1.99. The zero-order valence-electron chi connectivity index (χ0n) is 18.7. The molecule has 1 saturated carbocycles. The molecule has 1 unspecified atom stereocenters. The van der Waals surface area contributed by atoms with E-state index >= 15 is 0 Å². The topological polar surface area (TPSA) is 49.2 Å². The van der Waals surface area contributed by atoms with Crippen molar-refractivity contribution in [2.75, 3.05) is 38.0 Å². The molecule has 5 rings (SSSR count). The van der Waals surface area contributed by atoms with Crippen LogP contribution >= 0.6 is 0 Å². The van der Waals surface area contributed by atoms with Crippen LogP contribution < -0.4 is 5.32 Å². The molecule has 1 saturated heterocycles. The number of nitrogens with zero attached hydrogens (tertiary/aromatic N) is 5. The summed E-state index contributed by atoms with van der Waals surface area (Å²) in [6.45, 7) is 10.5. The van der Waals surface area contributed by atoms with Gasteiger partial charge in [-0.05, 0) is 62.6 Å². The van der Waals surface area contributed by atoms with Crippen molar-refractivity contribution in [1.29, 1.82) is 0 Å². The number of pyridine rings is 1. The van der Waals surface area contributed by atoms with E-state index in [-0.39, 0.29) is 0 Å². The van der Waals surface area contributed by atoms with Crippen molar-refractivity contribution in [2.45, 2.75) is 63.5 Å². The van der Waals surface area contributed by atoms with Crippen molar-refractivity contribution >= 4 is 5.82 Å². The van der Waals surface area contributed by atoms with Gasteiger partial charge in [0, 0.05) is 75.7 Å². The van der Waals surface area contributed by atoms with Crippen LogP contribution in [0.1, 0.15) is 68.1 Å². The Morgan fingerprint density at radius 1 is 1.00 bits per heavy atom. The van der Waals surface area contributed by atoms with Gasteiger partial charge in [0.2, 0.25) is 0 Å². The molecule has 2 aromatic rings. The quantitative estimate of drug-likeness (QED) is 0.840. The van der Waals surface area contributed by atoms with E-state index in [0.717, 1.165) is 18.4 Å². The van der Waals surface area contributed by atoms with E-state index < -0.39 is 0 Å². The van der Waals surface area contributed by atoms with Crippen LogP contribution in [-0.4, -0.2) is 69.4 Å². The summed E-state index contributed by atoms with van der Waals surface area (Å²) in [4.78, 5) is 10.2. The normalized spacial score (nSPS) is 27.9. The standard InChI is InChI=1S/C24H36N6/c1-17(2)29-8-10-30(11-9-29)21-6-4-18(5-7-21)19-12-22-23(15-26-24(22)25-13-19)20-14-27-28(3)16-20/h12-14,16-18,21,23H,4-11,15H2,1-3H3,(H,25,26)/t18-,21-,23?. The third-order valence-electron chi connectivity index (χ3n) is 7.68. The molecule has 0 amide bonds. The summed E-state index contributed by atoms with van der Waals surface area (Å²) < 4.78 is 1.90. The Kier molecular flexibility index (Phi) is 5.54. The first-order valence-corrected chi connectivity index (χ1v) is 11.8. The summed E-state index contributed by atoms with van der Waals surface area (Å²) in [6.07, 6.45) is 11.5. The Morgan fingerprint density at radius 2 is 1.77 bits per heavy atom. The maximum Gasteiger partial charge on any atom is 0.129 e. The molecule has 2 aliphatic heterocycles. The Labute approximate surface area is 180 Å². The lowest BCUT2D eigenvalue weighted by molar-refractivity contribution is 0.0620. The van der Waals surface area contributed by atoms with Crippen molar-refractivity contribution in [2.24, 2.45) is 7.05 Å². The fourth-order valence-corrected chi connectivity index (χ4v) is 5.75. The highest BCUT2D eigenvalue weighted by atomic mass is 15.3. The molecule has 6 heteroatoms. The maximum absolute atomic E-state index is 4.80. The van der Waals surface area contributed by atoms with Crippen LogP contribution in [0.4, 0.5) is 5.82 Å². The minimum absolute atomic E-state index is 0.370. The second-order valence-corrected chi connectivity index (χ2v) is 9.76. The van der Waals surface area contributed by atoms with Crippen molar-refractivity contribution in [3.8, 4) is 0 Å². The van der Waals surface area contributed by atoms with Crippen LogP contribution in [0.15, 0.2) is 24.7 Å². The number of hydrogen-bond acceptors (Lipinski definition) is 5. The molecule has 0 aromatic carbocycles. The van der Waals surface area contributed by atoms with Crippen molar-refractivity contribution in [1.82, 2.24) is 24.6 Å². The Morgan fingerprint density at radius 3 is 2.43 bits per heavy atom. The highest BCUT2D eigenvalue weighted by molar-refractivity contribution is 5.56. The van der Waals surface area contributed by atoms with Crippen LogP contribution in [-0.2, 0) is 7.05 Å². The lowest BCUT2D eigenvalue weighted by atomic mass is 9.80. The third-order valence-corrected chi connectivity index (χ3v) is 7.68. The van der Waals surface area contributed by atoms with Gasteiger partial charge < -0.3 is 5.32 Å². The van der Waals surface area contributed by atoms with E-state index in [2.05, 4.69) is 52.5 Å². The summed E-state index contributed by atoms with van der Waals surface area (Å²) >= 11 is 0. The van der Waals surface area contributed by atoms with Gasteiger partial charge in [0.15, 0.2) is 0 Å². The minimum atomic E-state index is 0.370. The zero-order valence-corrected chi connectivity index (χ0v) is 18.7. The summed E-state index contributed by atoms with van der Waals surface area (Å²) in [5.74, 6) is 2.09. The molecule has 0 bridgehead atoms. The van der Waals surface area contributed by atoms with Gasteiger partial charge in [-0.15, -0.1) is 0 Å².